The molecule has 0 spiro atoms. The Balaban J connectivity index is 2.11. The maximum atomic E-state index is 9.74. The lowest BCUT2D eigenvalue weighted by Crippen LogP contribution is -1.95. The number of methoxy groups -OCH3 is 1. The zero-order chi connectivity index (χ0) is 16.4. The Morgan fingerprint density at radius 1 is 1.00 bits per heavy atom. The van der Waals surface area contributed by atoms with Crippen LogP contribution in [0.3, 0.4) is 0 Å². The summed E-state index contributed by atoms with van der Waals surface area (Å²) >= 11 is 0. The van der Waals surface area contributed by atoms with Gasteiger partial charge in [0.05, 0.1) is 7.11 Å². The first kappa shape index (κ1) is 14.9. The van der Waals surface area contributed by atoms with Gasteiger partial charge in [-0.15, -0.1) is 0 Å². The number of hydrogen-bond donors (Lipinski definition) is 2. The molecule has 0 aliphatic rings. The third kappa shape index (κ3) is 2.97. The molecule has 1 heterocycles. The van der Waals surface area contributed by atoms with Gasteiger partial charge in [-0.05, 0) is 36.2 Å². The van der Waals surface area contributed by atoms with E-state index in [0.717, 1.165) is 22.3 Å². The zero-order valence-electron chi connectivity index (χ0n) is 13.1. The minimum atomic E-state index is 0.0950. The van der Waals surface area contributed by atoms with Crippen molar-refractivity contribution in [2.75, 3.05) is 12.8 Å². The summed E-state index contributed by atoms with van der Waals surface area (Å²) in [6.07, 6.45) is 1.77. The van der Waals surface area contributed by atoms with Crippen LogP contribution in [0.15, 0.2) is 54.7 Å². The van der Waals surface area contributed by atoms with E-state index in [0.29, 0.717) is 11.6 Å². The third-order valence-corrected chi connectivity index (χ3v) is 3.76. The van der Waals surface area contributed by atoms with Gasteiger partial charge in [0.1, 0.15) is 5.82 Å². The molecule has 23 heavy (non-hydrogen) atoms. The van der Waals surface area contributed by atoms with Gasteiger partial charge in [0.15, 0.2) is 11.5 Å². The van der Waals surface area contributed by atoms with E-state index in [4.69, 9.17) is 10.5 Å². The SMILES string of the molecule is COc1cc(-c2cc(-c3cccc(C)c3)cnc2N)ccc1O. The van der Waals surface area contributed by atoms with Crippen LogP contribution in [0.2, 0.25) is 0 Å². The monoisotopic (exact) mass is 306 g/mol. The molecule has 0 unspecified atom stereocenters. The van der Waals surface area contributed by atoms with Gasteiger partial charge in [-0.1, -0.05) is 35.9 Å². The molecule has 0 fully saturated rings. The van der Waals surface area contributed by atoms with Crippen LogP contribution >= 0.6 is 0 Å². The van der Waals surface area contributed by atoms with Crippen LogP contribution in [0, 0.1) is 6.92 Å². The molecule has 0 saturated heterocycles. The maximum absolute atomic E-state index is 9.74. The maximum Gasteiger partial charge on any atom is 0.161 e. The fourth-order valence-corrected chi connectivity index (χ4v) is 2.53. The van der Waals surface area contributed by atoms with Gasteiger partial charge >= 0.3 is 0 Å². The van der Waals surface area contributed by atoms with Crippen molar-refractivity contribution in [1.82, 2.24) is 4.98 Å². The highest BCUT2D eigenvalue weighted by Gasteiger charge is 2.10. The van der Waals surface area contributed by atoms with Crippen LogP contribution < -0.4 is 10.5 Å². The first-order valence-electron chi connectivity index (χ1n) is 7.28. The summed E-state index contributed by atoms with van der Waals surface area (Å²) < 4.78 is 5.17. The molecule has 1 aromatic heterocycles. The summed E-state index contributed by atoms with van der Waals surface area (Å²) in [4.78, 5) is 4.31. The number of hydrogen-bond acceptors (Lipinski definition) is 4. The van der Waals surface area contributed by atoms with Crippen molar-refractivity contribution in [2.45, 2.75) is 6.92 Å². The molecule has 0 bridgehead atoms. The van der Waals surface area contributed by atoms with Crippen molar-refractivity contribution in [3.63, 3.8) is 0 Å². The van der Waals surface area contributed by atoms with Crippen LogP contribution in [0.4, 0.5) is 5.82 Å². The minimum absolute atomic E-state index is 0.0950. The number of ether oxygens (including phenoxy) is 1. The summed E-state index contributed by atoms with van der Waals surface area (Å²) in [5, 5.41) is 9.74. The number of aromatic nitrogens is 1. The van der Waals surface area contributed by atoms with E-state index in [1.807, 2.05) is 18.2 Å². The fourth-order valence-electron chi connectivity index (χ4n) is 2.53. The lowest BCUT2D eigenvalue weighted by molar-refractivity contribution is 0.373. The van der Waals surface area contributed by atoms with Gasteiger partial charge in [-0.25, -0.2) is 4.98 Å². The molecule has 0 aliphatic heterocycles. The van der Waals surface area contributed by atoms with Gasteiger partial charge in [0, 0.05) is 17.3 Å². The summed E-state index contributed by atoms with van der Waals surface area (Å²) in [5.74, 6) is 0.939. The number of phenols is 1. The largest absolute Gasteiger partial charge is 0.504 e. The molecule has 4 nitrogen and oxygen atoms in total. The van der Waals surface area contributed by atoms with E-state index < -0.39 is 0 Å². The molecule has 4 heteroatoms. The van der Waals surface area contributed by atoms with Gasteiger partial charge in [0.2, 0.25) is 0 Å². The average molecular weight is 306 g/mol. The molecule has 0 aliphatic carbocycles. The number of nitrogen functional groups attached to an aromatic ring is 1. The number of nitrogens with two attached hydrogens (primary N) is 1. The van der Waals surface area contributed by atoms with Crippen molar-refractivity contribution >= 4 is 5.82 Å². The van der Waals surface area contributed by atoms with Crippen molar-refractivity contribution in [3.05, 3.63) is 60.3 Å². The highest BCUT2D eigenvalue weighted by atomic mass is 16.5. The molecule has 0 saturated carbocycles. The average Bonchev–Trinajstić information content (AvgIpc) is 2.56. The highest BCUT2D eigenvalue weighted by Crippen LogP contribution is 2.35. The quantitative estimate of drug-likeness (QED) is 0.767. The van der Waals surface area contributed by atoms with E-state index in [1.165, 1.54) is 12.7 Å². The van der Waals surface area contributed by atoms with Crippen molar-refractivity contribution in [2.24, 2.45) is 0 Å². The minimum Gasteiger partial charge on any atom is -0.504 e. The number of nitrogens with zero attached hydrogens (tertiary/aromatic N) is 1. The van der Waals surface area contributed by atoms with Crippen LogP contribution in [0.5, 0.6) is 11.5 Å². The number of anilines is 1. The zero-order valence-corrected chi connectivity index (χ0v) is 13.1. The number of aryl methyl sites for hydroxylation is 1. The number of phenolic OH excluding ortho intramolecular Hbond substituents is 1. The number of aromatic hydroxyl groups is 1. The predicted molar refractivity (Wildman–Crippen MR) is 92.5 cm³/mol. The molecule has 0 radical (unpaired) electrons. The Bertz CT molecular complexity index is 860. The first-order valence-corrected chi connectivity index (χ1v) is 7.28. The molecular weight excluding hydrogens is 288 g/mol. The second kappa shape index (κ2) is 6.01. The van der Waals surface area contributed by atoms with E-state index in [-0.39, 0.29) is 5.75 Å². The number of benzene rings is 2. The van der Waals surface area contributed by atoms with Gasteiger partial charge < -0.3 is 15.6 Å². The van der Waals surface area contributed by atoms with E-state index in [2.05, 4.69) is 24.0 Å². The Labute approximate surface area is 135 Å². The Morgan fingerprint density at radius 3 is 2.57 bits per heavy atom. The second-order valence-electron chi connectivity index (χ2n) is 5.41. The highest BCUT2D eigenvalue weighted by molar-refractivity contribution is 5.80. The van der Waals surface area contributed by atoms with Crippen molar-refractivity contribution in [1.29, 1.82) is 0 Å². The normalized spacial score (nSPS) is 10.5. The smallest absolute Gasteiger partial charge is 0.161 e. The summed E-state index contributed by atoms with van der Waals surface area (Å²) in [6, 6.07) is 15.4. The first-order chi connectivity index (χ1) is 11.1. The van der Waals surface area contributed by atoms with Gasteiger partial charge in [-0.3, -0.25) is 0 Å². The Kier molecular flexibility index (Phi) is 3.89. The number of pyridine rings is 1. The second-order valence-corrected chi connectivity index (χ2v) is 5.41. The van der Waals surface area contributed by atoms with Crippen LogP contribution in [-0.4, -0.2) is 17.2 Å². The summed E-state index contributed by atoms with van der Waals surface area (Å²) in [5.41, 5.74) is 11.0. The van der Waals surface area contributed by atoms with Crippen LogP contribution in [0.1, 0.15) is 5.56 Å². The summed E-state index contributed by atoms with van der Waals surface area (Å²) in [6.45, 7) is 2.06. The molecule has 3 N–H and O–H groups in total. The van der Waals surface area contributed by atoms with Crippen molar-refractivity contribution < 1.29 is 9.84 Å². The summed E-state index contributed by atoms with van der Waals surface area (Å²) in [7, 11) is 1.52. The van der Waals surface area contributed by atoms with Gasteiger partial charge in [-0.2, -0.15) is 0 Å². The molecule has 3 aromatic rings. The lowest BCUT2D eigenvalue weighted by atomic mass is 10.00. The number of rotatable bonds is 3. The molecular formula is C19H18N2O2. The predicted octanol–water partition coefficient (Wildman–Crippen LogP) is 4.02. The Hall–Kier alpha value is -3.01. The van der Waals surface area contributed by atoms with Gasteiger partial charge in [0.25, 0.3) is 0 Å². The van der Waals surface area contributed by atoms with E-state index in [9.17, 15) is 5.11 Å². The fraction of sp³-hybridized carbons (Fsp3) is 0.105. The standard InChI is InChI=1S/C19H18N2O2/c1-12-4-3-5-13(8-12)15-9-16(19(20)21-11-15)14-6-7-17(22)18(10-14)23-2/h3-11,22H,1-2H3,(H2,20,21). The molecule has 116 valence electrons. The molecule has 0 atom stereocenters. The van der Waals surface area contributed by atoms with E-state index >= 15 is 0 Å². The lowest BCUT2D eigenvalue weighted by Gasteiger charge is -2.11. The van der Waals surface area contributed by atoms with E-state index in [1.54, 1.807) is 24.4 Å². The molecule has 3 rings (SSSR count). The molecule has 2 aromatic carbocycles. The van der Waals surface area contributed by atoms with Crippen LogP contribution in [-0.2, 0) is 0 Å². The van der Waals surface area contributed by atoms with Crippen LogP contribution in [0.25, 0.3) is 22.3 Å². The Morgan fingerprint density at radius 2 is 1.83 bits per heavy atom. The topological polar surface area (TPSA) is 68.4 Å². The molecule has 0 amide bonds. The third-order valence-electron chi connectivity index (χ3n) is 3.76. The van der Waals surface area contributed by atoms with Crippen molar-refractivity contribution in [3.8, 4) is 33.8 Å².